The molecule has 4 rings (SSSR count). The number of alkyl halides is 3. The number of likely N-dealkylation sites (tertiary alicyclic amines) is 1. The fourth-order valence-electron chi connectivity index (χ4n) is 3.58. The molecule has 1 unspecified atom stereocenters. The van der Waals surface area contributed by atoms with Gasteiger partial charge in [-0.1, -0.05) is 18.2 Å². The zero-order valence-corrected chi connectivity index (χ0v) is 18.2. The number of para-hydroxylation sites is 1. The van der Waals surface area contributed by atoms with Crippen molar-refractivity contribution in [1.29, 1.82) is 0 Å². The zero-order chi connectivity index (χ0) is 24.5. The lowest BCUT2D eigenvalue weighted by Crippen LogP contribution is -2.45. The first kappa shape index (κ1) is 23.6. The lowest BCUT2D eigenvalue weighted by atomic mass is 9.91. The van der Waals surface area contributed by atoms with Crippen LogP contribution in [0.3, 0.4) is 0 Å². The first-order valence-corrected chi connectivity index (χ1v) is 11.5. The fraction of sp³-hybridized carbons (Fsp3) is 0.350. The van der Waals surface area contributed by atoms with E-state index in [2.05, 4.69) is 14.3 Å². The van der Waals surface area contributed by atoms with Crippen LogP contribution in [0.15, 0.2) is 64.5 Å². The number of piperidine rings is 1. The second-order valence-corrected chi connectivity index (χ2v) is 9.06. The van der Waals surface area contributed by atoms with E-state index in [-0.39, 0.29) is 11.8 Å². The minimum atomic E-state index is -5.93. The predicted octanol–water partition coefficient (Wildman–Crippen LogP) is 3.13. The van der Waals surface area contributed by atoms with Gasteiger partial charge < -0.3 is 18.9 Å². The number of allylic oxidation sites excluding steroid dienone is 1. The van der Waals surface area contributed by atoms with Crippen molar-refractivity contribution < 1.29 is 40.4 Å². The molecule has 0 bridgehead atoms. The highest BCUT2D eigenvalue weighted by atomic mass is 32.2. The highest BCUT2D eigenvalue weighted by molar-refractivity contribution is 7.87. The highest BCUT2D eigenvalue weighted by Crippen LogP contribution is 2.31. The summed E-state index contributed by atoms with van der Waals surface area (Å²) in [5.41, 5.74) is -5.01. The maximum absolute atomic E-state index is 12.8. The van der Waals surface area contributed by atoms with Crippen molar-refractivity contribution in [2.24, 2.45) is 16.0 Å². The Bertz CT molecular complexity index is 1170. The molecule has 1 amide bonds. The number of aliphatic imine (C=N–C) groups is 1. The number of halogens is 3. The van der Waals surface area contributed by atoms with E-state index in [0.29, 0.717) is 37.4 Å². The number of carbonyl (C=O) groups is 1. The zero-order valence-electron chi connectivity index (χ0n) is 17.4. The summed E-state index contributed by atoms with van der Waals surface area (Å²) in [7, 11) is -5.93. The molecule has 3 heterocycles. The molecule has 1 N–H and O–H groups in total. The molecule has 0 saturated carbocycles. The summed E-state index contributed by atoms with van der Waals surface area (Å²) < 4.78 is 71.4. The topological polar surface area (TPSA) is 121 Å². The molecule has 1 aromatic rings. The predicted molar refractivity (Wildman–Crippen MR) is 113 cm³/mol. The third kappa shape index (κ3) is 5.00. The van der Waals surface area contributed by atoms with Gasteiger partial charge in [0.1, 0.15) is 5.75 Å². The Morgan fingerprint density at radius 2 is 1.79 bits per heavy atom. The SMILES string of the molecule is O=C(O)N1CCC(C2=NN3C(=NC(OS(=O)(=O)C(F)(F)F)=CC3Oc3ccccc3)C=C2)CC1. The molecule has 1 aromatic carbocycles. The molecule has 3 aliphatic heterocycles. The van der Waals surface area contributed by atoms with Crippen LogP contribution in [0.5, 0.6) is 5.75 Å². The Kier molecular flexibility index (Phi) is 6.25. The van der Waals surface area contributed by atoms with Crippen LogP contribution in [0.25, 0.3) is 0 Å². The van der Waals surface area contributed by atoms with Gasteiger partial charge in [0.15, 0.2) is 5.84 Å². The highest BCUT2D eigenvalue weighted by Gasteiger charge is 2.49. The van der Waals surface area contributed by atoms with Crippen LogP contribution in [-0.4, -0.2) is 65.9 Å². The Morgan fingerprint density at radius 3 is 2.41 bits per heavy atom. The number of hydrogen-bond acceptors (Lipinski definition) is 8. The van der Waals surface area contributed by atoms with E-state index in [1.54, 1.807) is 36.4 Å². The van der Waals surface area contributed by atoms with E-state index in [0.717, 1.165) is 6.08 Å². The minimum absolute atomic E-state index is 0.0162. The minimum Gasteiger partial charge on any atom is -0.465 e. The number of benzene rings is 1. The number of amidine groups is 1. The van der Waals surface area contributed by atoms with Crippen LogP contribution in [-0.2, 0) is 14.3 Å². The molecule has 0 aromatic heterocycles. The second-order valence-electron chi connectivity index (χ2n) is 7.53. The summed E-state index contributed by atoms with van der Waals surface area (Å²) in [5.74, 6) is -0.493. The summed E-state index contributed by atoms with van der Waals surface area (Å²) in [6.07, 6.45) is 2.97. The van der Waals surface area contributed by atoms with Crippen molar-refractivity contribution in [3.8, 4) is 5.75 Å². The van der Waals surface area contributed by atoms with Gasteiger partial charge >= 0.3 is 21.7 Å². The van der Waals surface area contributed by atoms with Crippen molar-refractivity contribution >= 4 is 27.8 Å². The number of hydrazone groups is 1. The monoisotopic (exact) mass is 500 g/mol. The first-order valence-electron chi connectivity index (χ1n) is 10.1. The van der Waals surface area contributed by atoms with Gasteiger partial charge in [0.2, 0.25) is 12.1 Å². The number of ether oxygens (including phenoxy) is 1. The molecule has 14 heteroatoms. The van der Waals surface area contributed by atoms with Gasteiger partial charge in [0, 0.05) is 25.1 Å². The molecule has 0 spiro atoms. The van der Waals surface area contributed by atoms with Gasteiger partial charge in [-0.25, -0.2) is 9.80 Å². The normalized spacial score (nSPS) is 21.3. The van der Waals surface area contributed by atoms with Crippen LogP contribution in [0, 0.1) is 5.92 Å². The average molecular weight is 500 g/mol. The van der Waals surface area contributed by atoms with Crippen molar-refractivity contribution in [2.45, 2.75) is 24.6 Å². The van der Waals surface area contributed by atoms with Gasteiger partial charge in [-0.05, 0) is 37.1 Å². The van der Waals surface area contributed by atoms with Crippen LogP contribution in [0.1, 0.15) is 12.8 Å². The molecule has 182 valence electrons. The number of hydrogen-bond donors (Lipinski definition) is 1. The maximum Gasteiger partial charge on any atom is 0.534 e. The summed E-state index contributed by atoms with van der Waals surface area (Å²) in [5, 5.41) is 15.0. The Hall–Kier alpha value is -3.55. The van der Waals surface area contributed by atoms with Gasteiger partial charge in [-0.15, -0.1) is 0 Å². The fourth-order valence-corrected chi connectivity index (χ4v) is 3.99. The Balaban J connectivity index is 1.60. The number of carboxylic acid groups (broad SMARTS) is 1. The number of amides is 1. The van der Waals surface area contributed by atoms with E-state index in [9.17, 15) is 26.4 Å². The quantitative estimate of drug-likeness (QED) is 0.487. The van der Waals surface area contributed by atoms with Gasteiger partial charge in [-0.3, -0.25) is 0 Å². The average Bonchev–Trinajstić information content (AvgIpc) is 2.78. The van der Waals surface area contributed by atoms with Crippen LogP contribution < -0.4 is 4.74 Å². The van der Waals surface area contributed by atoms with Crippen molar-refractivity contribution in [3.63, 3.8) is 0 Å². The standard InChI is InChI=1S/C20H19F3N4O6S/c21-20(22,23)34(30,31)33-17-12-18(32-14-4-2-1-3-5-14)27-16(24-17)7-6-15(25-27)13-8-10-26(11-9-13)19(28)29/h1-7,12-13,18H,8-11H2,(H,28,29). The van der Waals surface area contributed by atoms with Crippen LogP contribution in [0.2, 0.25) is 0 Å². The molecular formula is C20H19F3N4O6S. The van der Waals surface area contributed by atoms with Gasteiger partial charge in [0.05, 0.1) is 5.71 Å². The smallest absolute Gasteiger partial charge is 0.465 e. The van der Waals surface area contributed by atoms with Crippen molar-refractivity contribution in [1.82, 2.24) is 9.91 Å². The lowest BCUT2D eigenvalue weighted by molar-refractivity contribution is -0.0524. The third-order valence-corrected chi connectivity index (χ3v) is 6.23. The maximum atomic E-state index is 12.8. The first-order chi connectivity index (χ1) is 16.0. The van der Waals surface area contributed by atoms with E-state index in [1.165, 1.54) is 16.0 Å². The summed E-state index contributed by atoms with van der Waals surface area (Å²) in [6.45, 7) is 0.676. The van der Waals surface area contributed by atoms with Crippen LogP contribution in [0.4, 0.5) is 18.0 Å². The molecule has 34 heavy (non-hydrogen) atoms. The largest absolute Gasteiger partial charge is 0.534 e. The van der Waals surface area contributed by atoms with Crippen molar-refractivity contribution in [3.05, 3.63) is 54.4 Å². The Morgan fingerprint density at radius 1 is 1.12 bits per heavy atom. The number of rotatable bonds is 5. The number of fused-ring (bicyclic) bond motifs is 1. The third-order valence-electron chi connectivity index (χ3n) is 5.27. The molecule has 0 aliphatic carbocycles. The Labute approximate surface area is 192 Å². The van der Waals surface area contributed by atoms with E-state index >= 15 is 0 Å². The molecule has 10 nitrogen and oxygen atoms in total. The molecule has 1 fully saturated rings. The second kappa shape index (κ2) is 9.00. The molecule has 1 saturated heterocycles. The van der Waals surface area contributed by atoms with Gasteiger partial charge in [0.25, 0.3) is 0 Å². The van der Waals surface area contributed by atoms with Gasteiger partial charge in [-0.2, -0.15) is 31.7 Å². The van der Waals surface area contributed by atoms with E-state index in [1.807, 2.05) is 0 Å². The van der Waals surface area contributed by atoms with E-state index in [4.69, 9.17) is 9.84 Å². The lowest BCUT2D eigenvalue weighted by Gasteiger charge is -2.35. The van der Waals surface area contributed by atoms with Crippen LogP contribution >= 0.6 is 0 Å². The van der Waals surface area contributed by atoms with E-state index < -0.39 is 33.8 Å². The summed E-state index contributed by atoms with van der Waals surface area (Å²) >= 11 is 0. The summed E-state index contributed by atoms with van der Waals surface area (Å²) in [4.78, 5) is 16.3. The molecule has 0 radical (unpaired) electrons. The van der Waals surface area contributed by atoms with Crippen molar-refractivity contribution in [2.75, 3.05) is 13.1 Å². The molecule has 1 atom stereocenters. The number of nitrogens with zero attached hydrogens (tertiary/aromatic N) is 4. The molecular weight excluding hydrogens is 481 g/mol. The summed E-state index contributed by atoms with van der Waals surface area (Å²) in [6, 6.07) is 8.33. The molecule has 3 aliphatic rings.